The highest BCUT2D eigenvalue weighted by atomic mass is 32.2. The summed E-state index contributed by atoms with van der Waals surface area (Å²) in [7, 11) is -0.572. The molecule has 4 rings (SSSR count). The smallest absolute Gasteiger partial charge is 0.254 e. The number of rotatable bonds is 6. The van der Waals surface area contributed by atoms with Crippen molar-refractivity contribution < 1.29 is 22.7 Å². The van der Waals surface area contributed by atoms with Gasteiger partial charge in [0.25, 0.3) is 5.91 Å². The van der Waals surface area contributed by atoms with E-state index in [9.17, 15) is 18.0 Å². The molecule has 34 heavy (non-hydrogen) atoms. The molecule has 2 aromatic carbocycles. The van der Waals surface area contributed by atoms with Crippen molar-refractivity contribution in [3.05, 3.63) is 70.0 Å². The number of carbonyl (C=O) groups is 1. The number of amides is 1. The Bertz CT molecular complexity index is 1380. The molecule has 0 bridgehead atoms. The number of nitrogens with one attached hydrogen (secondary N) is 1. The lowest BCUT2D eigenvalue weighted by atomic mass is 10.0. The van der Waals surface area contributed by atoms with Crippen LogP contribution in [0.25, 0.3) is 10.9 Å². The van der Waals surface area contributed by atoms with Gasteiger partial charge in [0.1, 0.15) is 5.75 Å². The van der Waals surface area contributed by atoms with Crippen molar-refractivity contribution in [2.45, 2.75) is 17.9 Å². The van der Waals surface area contributed by atoms with Crippen LogP contribution in [0.1, 0.15) is 28.9 Å². The molecule has 1 N–H and O–H groups in total. The van der Waals surface area contributed by atoms with E-state index in [1.54, 1.807) is 14.2 Å². The van der Waals surface area contributed by atoms with Crippen LogP contribution >= 0.6 is 0 Å². The van der Waals surface area contributed by atoms with Crippen LogP contribution in [-0.2, 0) is 14.8 Å². The topological polar surface area (TPSA) is 109 Å². The van der Waals surface area contributed by atoms with Crippen LogP contribution in [0.3, 0.4) is 0 Å². The van der Waals surface area contributed by atoms with Gasteiger partial charge in [-0.1, -0.05) is 18.2 Å². The average molecular weight is 486 g/mol. The Hall–Kier alpha value is -3.21. The van der Waals surface area contributed by atoms with Gasteiger partial charge >= 0.3 is 0 Å². The molecule has 1 amide bonds. The van der Waals surface area contributed by atoms with E-state index in [-0.39, 0.29) is 29.6 Å². The molecule has 1 aromatic heterocycles. The highest BCUT2D eigenvalue weighted by Crippen LogP contribution is 2.30. The molecule has 0 radical (unpaired) electrons. The quantitative estimate of drug-likeness (QED) is 0.574. The maximum absolute atomic E-state index is 13.5. The minimum Gasteiger partial charge on any atom is -0.496 e. The van der Waals surface area contributed by atoms with Gasteiger partial charge < -0.3 is 19.4 Å². The summed E-state index contributed by atoms with van der Waals surface area (Å²) in [5.41, 5.74) is 0.876. The van der Waals surface area contributed by atoms with Crippen molar-refractivity contribution in [3.63, 3.8) is 0 Å². The van der Waals surface area contributed by atoms with Gasteiger partial charge in [0, 0.05) is 42.7 Å². The molecule has 180 valence electrons. The van der Waals surface area contributed by atoms with Crippen LogP contribution < -0.4 is 10.3 Å². The first kappa shape index (κ1) is 23.9. The third-order valence-corrected chi connectivity index (χ3v) is 8.04. The number of morpholine rings is 1. The summed E-state index contributed by atoms with van der Waals surface area (Å²) in [4.78, 5) is 30.1. The first-order valence-corrected chi connectivity index (χ1v) is 12.3. The summed E-state index contributed by atoms with van der Waals surface area (Å²) in [6.07, 6.45) is 0. The first-order chi connectivity index (χ1) is 16.2. The zero-order valence-corrected chi connectivity index (χ0v) is 20.1. The molecule has 1 fully saturated rings. The second-order valence-corrected chi connectivity index (χ2v) is 10.0. The Labute approximate surface area is 197 Å². The van der Waals surface area contributed by atoms with E-state index in [1.807, 2.05) is 31.2 Å². The van der Waals surface area contributed by atoms with Gasteiger partial charge in [-0.3, -0.25) is 9.59 Å². The van der Waals surface area contributed by atoms with Crippen LogP contribution in [0.2, 0.25) is 0 Å². The normalized spacial score (nSPS) is 15.7. The van der Waals surface area contributed by atoms with Crippen molar-refractivity contribution in [1.29, 1.82) is 0 Å². The third kappa shape index (κ3) is 4.44. The molecule has 1 atom stereocenters. The number of aromatic amines is 1. The summed E-state index contributed by atoms with van der Waals surface area (Å²) in [5.74, 6) is 0.236. The Morgan fingerprint density at radius 3 is 2.56 bits per heavy atom. The van der Waals surface area contributed by atoms with Crippen LogP contribution in [0, 0.1) is 0 Å². The molecule has 0 spiro atoms. The number of aromatic nitrogens is 1. The number of fused-ring (bicyclic) bond motifs is 1. The molecule has 2 heterocycles. The fourth-order valence-corrected chi connectivity index (χ4v) is 5.53. The lowest BCUT2D eigenvalue weighted by Gasteiger charge is -2.27. The average Bonchev–Trinajstić information content (AvgIpc) is 2.87. The van der Waals surface area contributed by atoms with E-state index in [4.69, 9.17) is 9.47 Å². The van der Waals surface area contributed by atoms with E-state index in [1.165, 1.54) is 33.5 Å². The number of methoxy groups -OCH3 is 1. The maximum atomic E-state index is 13.5. The van der Waals surface area contributed by atoms with Gasteiger partial charge in [-0.25, -0.2) is 8.42 Å². The lowest BCUT2D eigenvalue weighted by molar-refractivity contribution is 0.0730. The molecule has 1 aliphatic heterocycles. The summed E-state index contributed by atoms with van der Waals surface area (Å²) in [5, 5.41) is 0.359. The van der Waals surface area contributed by atoms with Crippen molar-refractivity contribution in [2.75, 3.05) is 40.5 Å². The van der Waals surface area contributed by atoms with E-state index >= 15 is 0 Å². The maximum Gasteiger partial charge on any atom is 0.254 e. The molecule has 9 nitrogen and oxygen atoms in total. The number of pyridine rings is 1. The zero-order chi connectivity index (χ0) is 24.5. The van der Waals surface area contributed by atoms with Gasteiger partial charge in [-0.05, 0) is 31.2 Å². The van der Waals surface area contributed by atoms with Gasteiger partial charge in [-0.15, -0.1) is 0 Å². The van der Waals surface area contributed by atoms with Crippen molar-refractivity contribution >= 4 is 26.8 Å². The van der Waals surface area contributed by atoms with E-state index in [0.29, 0.717) is 29.9 Å². The summed E-state index contributed by atoms with van der Waals surface area (Å²) in [6, 6.07) is 12.6. The number of carbonyl (C=O) groups excluding carboxylic acids is 1. The molecule has 3 aromatic rings. The van der Waals surface area contributed by atoms with Crippen LogP contribution in [0.5, 0.6) is 5.75 Å². The molecule has 10 heteroatoms. The van der Waals surface area contributed by atoms with Gasteiger partial charge in [0.05, 0.1) is 36.8 Å². The van der Waals surface area contributed by atoms with E-state index < -0.39 is 21.5 Å². The molecule has 1 saturated heterocycles. The van der Waals surface area contributed by atoms with E-state index in [0.717, 1.165) is 5.56 Å². The standard InChI is InChI=1S/C24H27N3O6S/c1-16(18-6-4-5-7-22(18)32-3)26(2)24(29)20-15-23(28)25-21-9-8-17(14-19(20)21)34(30,31)27-10-12-33-13-11-27/h4-9,14-16H,10-13H2,1-3H3,(H,25,28). The third-order valence-electron chi connectivity index (χ3n) is 6.14. The number of sulfonamides is 1. The van der Waals surface area contributed by atoms with Crippen LogP contribution in [0.4, 0.5) is 0 Å². The van der Waals surface area contributed by atoms with E-state index in [2.05, 4.69) is 4.98 Å². The summed E-state index contributed by atoms with van der Waals surface area (Å²) < 4.78 is 38.4. The Balaban J connectivity index is 1.76. The number of para-hydroxylation sites is 1. The predicted octanol–water partition coefficient (Wildman–Crippen LogP) is 2.39. The fraction of sp³-hybridized carbons (Fsp3) is 0.333. The molecule has 1 aliphatic rings. The molecular formula is C24H27N3O6S. The number of hydrogen-bond donors (Lipinski definition) is 1. The van der Waals surface area contributed by atoms with Crippen molar-refractivity contribution in [3.8, 4) is 5.75 Å². The van der Waals surface area contributed by atoms with Crippen LogP contribution in [-0.4, -0.2) is 69.0 Å². The fourth-order valence-electron chi connectivity index (χ4n) is 4.09. The molecular weight excluding hydrogens is 458 g/mol. The van der Waals surface area contributed by atoms with Crippen LogP contribution in [0.15, 0.2) is 58.2 Å². The molecule has 1 unspecified atom stereocenters. The summed E-state index contributed by atoms with van der Waals surface area (Å²) in [6.45, 7) is 3.04. The second-order valence-electron chi connectivity index (χ2n) is 8.11. The first-order valence-electron chi connectivity index (χ1n) is 10.9. The number of nitrogens with zero attached hydrogens (tertiary/aromatic N) is 2. The number of benzene rings is 2. The monoisotopic (exact) mass is 485 g/mol. The number of hydrogen-bond acceptors (Lipinski definition) is 6. The minimum absolute atomic E-state index is 0.0587. The predicted molar refractivity (Wildman–Crippen MR) is 128 cm³/mol. The van der Waals surface area contributed by atoms with Gasteiger partial charge in [0.2, 0.25) is 15.6 Å². The second kappa shape index (κ2) is 9.57. The largest absolute Gasteiger partial charge is 0.496 e. The lowest BCUT2D eigenvalue weighted by Crippen LogP contribution is -2.40. The van der Waals surface area contributed by atoms with Gasteiger partial charge in [0.15, 0.2) is 0 Å². The Morgan fingerprint density at radius 2 is 1.85 bits per heavy atom. The number of H-pyrrole nitrogens is 1. The van der Waals surface area contributed by atoms with Crippen molar-refractivity contribution in [1.82, 2.24) is 14.2 Å². The SMILES string of the molecule is COc1ccccc1C(C)N(C)C(=O)c1cc(=O)[nH]c2ccc(S(=O)(=O)N3CCOCC3)cc12. The highest BCUT2D eigenvalue weighted by Gasteiger charge is 2.28. The van der Waals surface area contributed by atoms with Gasteiger partial charge in [-0.2, -0.15) is 4.31 Å². The molecule has 0 aliphatic carbocycles. The Kier molecular flexibility index (Phi) is 6.74. The van der Waals surface area contributed by atoms with Crippen molar-refractivity contribution in [2.24, 2.45) is 0 Å². The number of ether oxygens (including phenoxy) is 2. The highest BCUT2D eigenvalue weighted by molar-refractivity contribution is 7.89. The zero-order valence-electron chi connectivity index (χ0n) is 19.3. The minimum atomic E-state index is -3.77. The molecule has 0 saturated carbocycles. The Morgan fingerprint density at radius 1 is 1.15 bits per heavy atom. The summed E-state index contributed by atoms with van der Waals surface area (Å²) >= 11 is 0.